The van der Waals surface area contributed by atoms with E-state index in [2.05, 4.69) is 16.3 Å². The summed E-state index contributed by atoms with van der Waals surface area (Å²) in [6, 6.07) is 10.1. The van der Waals surface area contributed by atoms with Gasteiger partial charge < -0.3 is 19.7 Å². The van der Waals surface area contributed by atoms with Gasteiger partial charge in [-0.1, -0.05) is 6.07 Å². The molecule has 2 aromatic carbocycles. The Kier molecular flexibility index (Phi) is 4.44. The Morgan fingerprint density at radius 2 is 1.80 bits per heavy atom. The molecule has 0 bridgehead atoms. The maximum absolute atomic E-state index is 13.7. The molecule has 1 fully saturated rings. The molecule has 6 heteroatoms. The van der Waals surface area contributed by atoms with E-state index in [1.807, 2.05) is 12.1 Å². The number of nitrogens with zero attached hydrogens (tertiary/aromatic N) is 1. The van der Waals surface area contributed by atoms with E-state index in [9.17, 15) is 8.78 Å². The Morgan fingerprint density at radius 1 is 1.00 bits per heavy atom. The predicted molar refractivity (Wildman–Crippen MR) is 91.0 cm³/mol. The van der Waals surface area contributed by atoms with Crippen LogP contribution in [0.4, 0.5) is 14.5 Å². The molecule has 2 aromatic rings. The van der Waals surface area contributed by atoms with Crippen LogP contribution in [0, 0.1) is 11.6 Å². The number of piperidine rings is 1. The monoisotopic (exact) mass is 346 g/mol. The number of halogens is 2. The average molecular weight is 346 g/mol. The molecule has 2 aliphatic rings. The molecule has 0 atom stereocenters. The molecule has 0 unspecified atom stereocenters. The number of benzene rings is 2. The van der Waals surface area contributed by atoms with Crippen molar-refractivity contribution in [3.05, 3.63) is 53.6 Å². The summed E-state index contributed by atoms with van der Waals surface area (Å²) in [5.74, 6) is 0.551. The summed E-state index contributed by atoms with van der Waals surface area (Å²) >= 11 is 0. The predicted octanol–water partition coefficient (Wildman–Crippen LogP) is 3.45. The van der Waals surface area contributed by atoms with Gasteiger partial charge in [-0.05, 0) is 31.0 Å². The highest BCUT2D eigenvalue weighted by Gasteiger charge is 2.21. The largest absolute Gasteiger partial charge is 0.454 e. The van der Waals surface area contributed by atoms with Gasteiger partial charge in [0.15, 0.2) is 11.5 Å². The highest BCUT2D eigenvalue weighted by molar-refractivity contribution is 5.57. The first-order chi connectivity index (χ1) is 12.2. The summed E-state index contributed by atoms with van der Waals surface area (Å²) < 4.78 is 37.4. The van der Waals surface area contributed by atoms with Gasteiger partial charge in [0, 0.05) is 49.1 Å². The molecule has 4 nitrogen and oxygen atoms in total. The van der Waals surface area contributed by atoms with E-state index in [0.29, 0.717) is 18.2 Å². The topological polar surface area (TPSA) is 33.7 Å². The SMILES string of the molecule is Fc1ccc(CNC2CCN(c3ccc4c(c3)OCO4)CC2)c(F)c1. The Bertz CT molecular complexity index is 761. The van der Waals surface area contributed by atoms with Crippen molar-refractivity contribution >= 4 is 5.69 Å². The van der Waals surface area contributed by atoms with Gasteiger partial charge >= 0.3 is 0 Å². The van der Waals surface area contributed by atoms with Gasteiger partial charge in [0.2, 0.25) is 6.79 Å². The van der Waals surface area contributed by atoms with E-state index in [-0.39, 0.29) is 6.79 Å². The maximum atomic E-state index is 13.7. The van der Waals surface area contributed by atoms with Crippen LogP contribution in [0.1, 0.15) is 18.4 Å². The van der Waals surface area contributed by atoms with Crippen molar-refractivity contribution in [2.75, 3.05) is 24.8 Å². The van der Waals surface area contributed by atoms with Crippen LogP contribution >= 0.6 is 0 Å². The minimum atomic E-state index is -0.543. The van der Waals surface area contributed by atoms with Crippen molar-refractivity contribution in [3.8, 4) is 11.5 Å². The average Bonchev–Trinajstić information content (AvgIpc) is 3.09. The lowest BCUT2D eigenvalue weighted by atomic mass is 10.0. The van der Waals surface area contributed by atoms with Crippen LogP contribution in [0.2, 0.25) is 0 Å². The molecule has 0 saturated carbocycles. The van der Waals surface area contributed by atoms with Crippen LogP contribution in [0.25, 0.3) is 0 Å². The second kappa shape index (κ2) is 6.88. The molecule has 25 heavy (non-hydrogen) atoms. The van der Waals surface area contributed by atoms with E-state index in [1.54, 1.807) is 0 Å². The van der Waals surface area contributed by atoms with Crippen molar-refractivity contribution in [1.29, 1.82) is 0 Å². The summed E-state index contributed by atoms with van der Waals surface area (Å²) in [6.45, 7) is 2.54. The van der Waals surface area contributed by atoms with E-state index < -0.39 is 11.6 Å². The Balaban J connectivity index is 1.31. The minimum absolute atomic E-state index is 0.282. The molecule has 1 N–H and O–H groups in total. The van der Waals surface area contributed by atoms with Gasteiger partial charge in [-0.25, -0.2) is 8.78 Å². The fraction of sp³-hybridized carbons (Fsp3) is 0.368. The number of anilines is 1. The van der Waals surface area contributed by atoms with E-state index in [1.165, 1.54) is 12.1 Å². The smallest absolute Gasteiger partial charge is 0.231 e. The first kappa shape index (κ1) is 16.1. The normalized spacial score (nSPS) is 17.1. The fourth-order valence-electron chi connectivity index (χ4n) is 3.34. The molecule has 2 aliphatic heterocycles. The third-order valence-corrected chi connectivity index (χ3v) is 4.81. The third-order valence-electron chi connectivity index (χ3n) is 4.81. The molecule has 0 spiro atoms. The summed E-state index contributed by atoms with van der Waals surface area (Å²) in [7, 11) is 0. The Labute approximate surface area is 145 Å². The summed E-state index contributed by atoms with van der Waals surface area (Å²) in [5, 5.41) is 3.38. The van der Waals surface area contributed by atoms with Gasteiger partial charge in [0.1, 0.15) is 11.6 Å². The minimum Gasteiger partial charge on any atom is -0.454 e. The van der Waals surface area contributed by atoms with Gasteiger partial charge in [0.05, 0.1) is 0 Å². The molecule has 1 saturated heterocycles. The lowest BCUT2D eigenvalue weighted by molar-refractivity contribution is 0.174. The van der Waals surface area contributed by atoms with Crippen LogP contribution in [0.5, 0.6) is 11.5 Å². The van der Waals surface area contributed by atoms with Gasteiger partial charge in [0.25, 0.3) is 0 Å². The van der Waals surface area contributed by atoms with Gasteiger partial charge in [-0.2, -0.15) is 0 Å². The Hall–Kier alpha value is -2.34. The zero-order valence-electron chi connectivity index (χ0n) is 13.8. The number of nitrogens with one attached hydrogen (secondary N) is 1. The number of hydrogen-bond acceptors (Lipinski definition) is 4. The van der Waals surface area contributed by atoms with E-state index in [4.69, 9.17) is 9.47 Å². The van der Waals surface area contributed by atoms with Crippen LogP contribution in [0.15, 0.2) is 36.4 Å². The van der Waals surface area contributed by atoms with Crippen LogP contribution in [-0.2, 0) is 6.54 Å². The number of hydrogen-bond donors (Lipinski definition) is 1. The van der Waals surface area contributed by atoms with Crippen LogP contribution in [-0.4, -0.2) is 25.9 Å². The molecular formula is C19H20F2N2O2. The summed E-state index contributed by atoms with van der Waals surface area (Å²) in [6.07, 6.45) is 1.94. The summed E-state index contributed by atoms with van der Waals surface area (Å²) in [5.41, 5.74) is 1.63. The number of ether oxygens (including phenoxy) is 2. The van der Waals surface area contributed by atoms with Crippen molar-refractivity contribution in [2.45, 2.75) is 25.4 Å². The fourth-order valence-corrected chi connectivity index (χ4v) is 3.34. The molecule has 0 amide bonds. The van der Waals surface area contributed by atoms with Crippen LogP contribution < -0.4 is 19.7 Å². The zero-order valence-corrected chi connectivity index (χ0v) is 13.8. The first-order valence-corrected chi connectivity index (χ1v) is 8.51. The lowest BCUT2D eigenvalue weighted by Crippen LogP contribution is -2.42. The molecule has 0 radical (unpaired) electrons. The quantitative estimate of drug-likeness (QED) is 0.919. The molecular weight excluding hydrogens is 326 g/mol. The van der Waals surface area contributed by atoms with Crippen molar-refractivity contribution in [1.82, 2.24) is 5.32 Å². The van der Waals surface area contributed by atoms with Crippen molar-refractivity contribution in [2.24, 2.45) is 0 Å². The van der Waals surface area contributed by atoms with Gasteiger partial charge in [-0.15, -0.1) is 0 Å². The lowest BCUT2D eigenvalue weighted by Gasteiger charge is -2.34. The third kappa shape index (κ3) is 3.54. The molecule has 132 valence electrons. The van der Waals surface area contributed by atoms with Gasteiger partial charge in [-0.3, -0.25) is 0 Å². The van der Waals surface area contributed by atoms with Crippen molar-refractivity contribution < 1.29 is 18.3 Å². The Morgan fingerprint density at radius 3 is 2.60 bits per heavy atom. The van der Waals surface area contributed by atoms with Crippen molar-refractivity contribution in [3.63, 3.8) is 0 Å². The molecule has 0 aromatic heterocycles. The standard InChI is InChI=1S/C19H20F2N2O2/c20-14-2-1-13(17(21)9-14)11-22-15-5-7-23(8-6-15)16-3-4-18-19(10-16)25-12-24-18/h1-4,9-10,15,22H,5-8,11-12H2. The molecule has 2 heterocycles. The molecule has 0 aliphatic carbocycles. The highest BCUT2D eigenvalue weighted by Crippen LogP contribution is 2.36. The number of rotatable bonds is 4. The maximum Gasteiger partial charge on any atom is 0.231 e. The van der Waals surface area contributed by atoms with E-state index in [0.717, 1.165) is 49.2 Å². The second-order valence-corrected chi connectivity index (χ2v) is 6.42. The van der Waals surface area contributed by atoms with E-state index >= 15 is 0 Å². The molecule has 4 rings (SSSR count). The zero-order chi connectivity index (χ0) is 17.2. The second-order valence-electron chi connectivity index (χ2n) is 6.42. The number of fused-ring (bicyclic) bond motifs is 1. The van der Waals surface area contributed by atoms with Crippen LogP contribution in [0.3, 0.4) is 0 Å². The summed E-state index contributed by atoms with van der Waals surface area (Å²) in [4.78, 5) is 2.32. The highest BCUT2D eigenvalue weighted by atomic mass is 19.1. The first-order valence-electron chi connectivity index (χ1n) is 8.51.